The SMILES string of the molecule is CCOC(=O)CC1CN(Cc2ccc(OC)cc2)CC(CC(=O)OCC)N1. The molecule has 0 saturated carbocycles. The van der Waals surface area contributed by atoms with Crippen molar-refractivity contribution in [3.8, 4) is 5.75 Å². The predicted molar refractivity (Wildman–Crippen MR) is 101 cm³/mol. The van der Waals surface area contributed by atoms with Crippen LogP contribution in [0.4, 0.5) is 0 Å². The van der Waals surface area contributed by atoms with E-state index in [1.807, 2.05) is 24.3 Å². The average molecular weight is 378 g/mol. The Morgan fingerprint density at radius 2 is 1.52 bits per heavy atom. The molecule has 1 heterocycles. The molecule has 1 N–H and O–H groups in total. The fraction of sp³-hybridized carbons (Fsp3) is 0.600. The number of rotatable bonds is 9. The lowest BCUT2D eigenvalue weighted by Gasteiger charge is -2.38. The third kappa shape index (κ3) is 7.19. The van der Waals surface area contributed by atoms with Gasteiger partial charge in [0, 0.05) is 31.7 Å². The zero-order valence-electron chi connectivity index (χ0n) is 16.4. The fourth-order valence-electron chi connectivity index (χ4n) is 3.34. The average Bonchev–Trinajstić information content (AvgIpc) is 2.62. The number of carbonyl (C=O) groups excluding carboxylic acids is 2. The van der Waals surface area contributed by atoms with Crippen LogP contribution in [0.15, 0.2) is 24.3 Å². The molecule has 0 bridgehead atoms. The highest BCUT2D eigenvalue weighted by Gasteiger charge is 2.30. The topological polar surface area (TPSA) is 77.1 Å². The molecule has 0 aliphatic carbocycles. The molecule has 1 fully saturated rings. The number of esters is 2. The van der Waals surface area contributed by atoms with Crippen molar-refractivity contribution in [3.05, 3.63) is 29.8 Å². The number of ether oxygens (including phenoxy) is 3. The number of methoxy groups -OCH3 is 1. The summed E-state index contributed by atoms with van der Waals surface area (Å²) >= 11 is 0. The molecule has 7 heteroatoms. The molecule has 2 atom stereocenters. The molecule has 0 radical (unpaired) electrons. The Morgan fingerprint density at radius 1 is 1.00 bits per heavy atom. The number of hydrogen-bond donors (Lipinski definition) is 1. The molecule has 150 valence electrons. The molecule has 0 aromatic heterocycles. The Morgan fingerprint density at radius 3 is 1.96 bits per heavy atom. The van der Waals surface area contributed by atoms with Crippen molar-refractivity contribution in [1.29, 1.82) is 0 Å². The van der Waals surface area contributed by atoms with E-state index in [1.54, 1.807) is 21.0 Å². The van der Waals surface area contributed by atoms with Crippen molar-refractivity contribution < 1.29 is 23.8 Å². The van der Waals surface area contributed by atoms with Crippen molar-refractivity contribution in [2.75, 3.05) is 33.4 Å². The minimum atomic E-state index is -0.226. The summed E-state index contributed by atoms with van der Waals surface area (Å²) in [5.41, 5.74) is 1.16. The number of benzene rings is 1. The first-order valence-corrected chi connectivity index (χ1v) is 9.46. The molecule has 2 rings (SSSR count). The summed E-state index contributed by atoms with van der Waals surface area (Å²) in [5.74, 6) is 0.367. The zero-order valence-corrected chi connectivity index (χ0v) is 16.4. The highest BCUT2D eigenvalue weighted by Crippen LogP contribution is 2.17. The van der Waals surface area contributed by atoms with E-state index in [0.29, 0.717) is 26.3 Å². The zero-order chi connectivity index (χ0) is 19.6. The van der Waals surface area contributed by atoms with Crippen LogP contribution in [0.3, 0.4) is 0 Å². The third-order valence-corrected chi connectivity index (χ3v) is 4.43. The summed E-state index contributed by atoms with van der Waals surface area (Å²) in [6, 6.07) is 7.81. The van der Waals surface area contributed by atoms with Crippen molar-refractivity contribution >= 4 is 11.9 Å². The van der Waals surface area contributed by atoms with Gasteiger partial charge in [0.15, 0.2) is 0 Å². The lowest BCUT2D eigenvalue weighted by molar-refractivity contribution is -0.144. The van der Waals surface area contributed by atoms with E-state index in [4.69, 9.17) is 14.2 Å². The molecule has 7 nitrogen and oxygen atoms in total. The molecule has 0 spiro atoms. The molecular weight excluding hydrogens is 348 g/mol. The van der Waals surface area contributed by atoms with Gasteiger partial charge in [-0.2, -0.15) is 0 Å². The lowest BCUT2D eigenvalue weighted by atomic mass is 10.0. The van der Waals surface area contributed by atoms with Gasteiger partial charge in [0.05, 0.1) is 33.2 Å². The predicted octanol–water partition coefficient (Wildman–Crippen LogP) is 1.74. The summed E-state index contributed by atoms with van der Waals surface area (Å²) in [6.45, 7) is 6.50. The van der Waals surface area contributed by atoms with Gasteiger partial charge < -0.3 is 19.5 Å². The van der Waals surface area contributed by atoms with Crippen LogP contribution in [-0.4, -0.2) is 62.3 Å². The maximum Gasteiger partial charge on any atom is 0.307 e. The second-order valence-corrected chi connectivity index (χ2v) is 6.62. The highest BCUT2D eigenvalue weighted by molar-refractivity contribution is 5.71. The molecule has 1 aromatic carbocycles. The first-order valence-electron chi connectivity index (χ1n) is 9.46. The van der Waals surface area contributed by atoms with E-state index in [-0.39, 0.29) is 36.9 Å². The van der Waals surface area contributed by atoms with E-state index in [0.717, 1.165) is 17.9 Å². The number of nitrogens with one attached hydrogen (secondary N) is 1. The van der Waals surface area contributed by atoms with Crippen LogP contribution >= 0.6 is 0 Å². The Hall–Kier alpha value is -2.12. The molecule has 1 aliphatic heterocycles. The van der Waals surface area contributed by atoms with Gasteiger partial charge >= 0.3 is 11.9 Å². The number of carbonyl (C=O) groups is 2. The standard InChI is InChI=1S/C20H30N2O5/c1-4-26-19(23)10-16-13-22(12-15-6-8-18(25-3)9-7-15)14-17(21-16)11-20(24)27-5-2/h6-9,16-17,21H,4-5,10-14H2,1-3H3. The van der Waals surface area contributed by atoms with Crippen molar-refractivity contribution in [1.82, 2.24) is 10.2 Å². The highest BCUT2D eigenvalue weighted by atomic mass is 16.5. The quantitative estimate of drug-likeness (QED) is 0.656. The molecule has 27 heavy (non-hydrogen) atoms. The third-order valence-electron chi connectivity index (χ3n) is 4.43. The van der Waals surface area contributed by atoms with Crippen molar-refractivity contribution in [2.45, 2.75) is 45.3 Å². The maximum absolute atomic E-state index is 11.9. The Balaban J connectivity index is 2.01. The summed E-state index contributed by atoms with van der Waals surface area (Å²) in [7, 11) is 1.64. The van der Waals surface area contributed by atoms with Crippen LogP contribution in [0.2, 0.25) is 0 Å². The largest absolute Gasteiger partial charge is 0.497 e. The Kier molecular flexibility index (Phi) is 8.54. The summed E-state index contributed by atoms with van der Waals surface area (Å²) in [4.78, 5) is 26.0. The molecule has 1 aliphatic rings. The second-order valence-electron chi connectivity index (χ2n) is 6.62. The van der Waals surface area contributed by atoms with Gasteiger partial charge in [-0.05, 0) is 31.5 Å². The van der Waals surface area contributed by atoms with Gasteiger partial charge in [-0.25, -0.2) is 0 Å². The van der Waals surface area contributed by atoms with Gasteiger partial charge in [-0.15, -0.1) is 0 Å². The van der Waals surface area contributed by atoms with E-state index in [9.17, 15) is 9.59 Å². The molecule has 0 amide bonds. The van der Waals surface area contributed by atoms with Gasteiger partial charge in [0.2, 0.25) is 0 Å². The summed E-state index contributed by atoms with van der Waals surface area (Å²) in [6.07, 6.45) is 0.568. The smallest absolute Gasteiger partial charge is 0.307 e. The monoisotopic (exact) mass is 378 g/mol. The van der Waals surface area contributed by atoms with E-state index in [1.165, 1.54) is 0 Å². The van der Waals surface area contributed by atoms with Gasteiger partial charge in [-0.1, -0.05) is 12.1 Å². The van der Waals surface area contributed by atoms with Crippen LogP contribution in [0, 0.1) is 0 Å². The summed E-state index contributed by atoms with van der Waals surface area (Å²) in [5, 5.41) is 3.40. The lowest BCUT2D eigenvalue weighted by Crippen LogP contribution is -2.57. The molecule has 1 aromatic rings. The van der Waals surface area contributed by atoms with Gasteiger partial charge in [0.25, 0.3) is 0 Å². The first kappa shape index (κ1) is 21.2. The first-order chi connectivity index (χ1) is 13.0. The minimum Gasteiger partial charge on any atom is -0.497 e. The van der Waals surface area contributed by atoms with Crippen LogP contribution in [0.5, 0.6) is 5.75 Å². The number of hydrogen-bond acceptors (Lipinski definition) is 7. The molecule has 1 saturated heterocycles. The van der Waals surface area contributed by atoms with Crippen molar-refractivity contribution in [3.63, 3.8) is 0 Å². The number of nitrogens with zero attached hydrogens (tertiary/aromatic N) is 1. The van der Waals surface area contributed by atoms with Crippen molar-refractivity contribution in [2.24, 2.45) is 0 Å². The second kappa shape index (κ2) is 10.9. The van der Waals surface area contributed by atoms with Crippen LogP contribution < -0.4 is 10.1 Å². The Labute approximate surface area is 161 Å². The minimum absolute atomic E-state index is 0.0597. The van der Waals surface area contributed by atoms with Crippen LogP contribution in [0.1, 0.15) is 32.3 Å². The summed E-state index contributed by atoms with van der Waals surface area (Å²) < 4.78 is 15.4. The fourth-order valence-corrected chi connectivity index (χ4v) is 3.34. The molecular formula is C20H30N2O5. The van der Waals surface area contributed by atoms with E-state index < -0.39 is 0 Å². The Bertz CT molecular complexity index is 577. The van der Waals surface area contributed by atoms with E-state index >= 15 is 0 Å². The van der Waals surface area contributed by atoms with E-state index in [2.05, 4.69) is 10.2 Å². The molecule has 2 unspecified atom stereocenters. The van der Waals surface area contributed by atoms with Gasteiger partial charge in [0.1, 0.15) is 5.75 Å². The number of piperazine rings is 1. The normalized spacial score (nSPS) is 20.1. The van der Waals surface area contributed by atoms with Crippen LogP contribution in [0.25, 0.3) is 0 Å². The van der Waals surface area contributed by atoms with Crippen LogP contribution in [-0.2, 0) is 25.6 Å². The maximum atomic E-state index is 11.9. The van der Waals surface area contributed by atoms with Gasteiger partial charge in [-0.3, -0.25) is 14.5 Å².